The molecule has 0 saturated heterocycles. The number of hydrogen-bond donors (Lipinski definition) is 1. The van der Waals surface area contributed by atoms with Gasteiger partial charge in [0.25, 0.3) is 0 Å². The Morgan fingerprint density at radius 1 is 1.33 bits per heavy atom. The third-order valence-corrected chi connectivity index (χ3v) is 3.03. The van der Waals surface area contributed by atoms with Gasteiger partial charge in [0.2, 0.25) is 0 Å². The van der Waals surface area contributed by atoms with Crippen molar-refractivity contribution < 1.29 is 9.47 Å². The molecule has 0 bridgehead atoms. The summed E-state index contributed by atoms with van der Waals surface area (Å²) in [5, 5.41) is 3.45. The zero-order valence-electron chi connectivity index (χ0n) is 10.9. The minimum Gasteiger partial charge on any atom is -0.490 e. The van der Waals surface area contributed by atoms with Gasteiger partial charge in [0.05, 0.1) is 13.2 Å². The molecule has 0 saturated carbocycles. The lowest BCUT2D eigenvalue weighted by Crippen LogP contribution is -2.20. The van der Waals surface area contributed by atoms with E-state index in [0.717, 1.165) is 44.1 Å². The molecule has 0 aromatic heterocycles. The van der Waals surface area contributed by atoms with Crippen LogP contribution in [0.15, 0.2) is 30.9 Å². The number of rotatable bonds is 5. The lowest BCUT2D eigenvalue weighted by Gasteiger charge is -2.18. The topological polar surface area (TPSA) is 30.5 Å². The summed E-state index contributed by atoms with van der Waals surface area (Å²) in [6.45, 7) is 8.32. The fourth-order valence-electron chi connectivity index (χ4n) is 2.15. The molecule has 1 aliphatic rings. The quantitative estimate of drug-likeness (QED) is 0.811. The molecule has 1 N–H and O–H groups in total. The van der Waals surface area contributed by atoms with Crippen molar-refractivity contribution in [2.75, 3.05) is 19.8 Å². The molecule has 1 atom stereocenters. The third kappa shape index (κ3) is 3.05. The van der Waals surface area contributed by atoms with Crippen LogP contribution in [-0.2, 0) is 0 Å². The molecular formula is C15H21NO2. The standard InChI is InChI=1S/C15H21NO2/c1-3-6-13(16-4-2)12-7-8-14-15(11-12)18-10-5-9-17-14/h3,7-8,11,13,16H,1,4-6,9-10H2,2H3. The van der Waals surface area contributed by atoms with E-state index in [4.69, 9.17) is 9.47 Å². The minimum absolute atomic E-state index is 0.296. The predicted molar refractivity (Wildman–Crippen MR) is 73.3 cm³/mol. The minimum atomic E-state index is 0.296. The SMILES string of the molecule is C=CCC(NCC)c1ccc2c(c1)OCCCO2. The van der Waals surface area contributed by atoms with Gasteiger partial charge in [-0.1, -0.05) is 19.1 Å². The Balaban J connectivity index is 2.22. The summed E-state index contributed by atoms with van der Waals surface area (Å²) in [5.74, 6) is 1.71. The molecule has 1 aliphatic heterocycles. The van der Waals surface area contributed by atoms with Gasteiger partial charge in [0.15, 0.2) is 11.5 Å². The van der Waals surface area contributed by atoms with Crippen molar-refractivity contribution in [2.24, 2.45) is 0 Å². The van der Waals surface area contributed by atoms with Crippen molar-refractivity contribution in [1.29, 1.82) is 0 Å². The van der Waals surface area contributed by atoms with Crippen molar-refractivity contribution in [2.45, 2.75) is 25.8 Å². The second-order valence-electron chi connectivity index (χ2n) is 4.39. The Morgan fingerprint density at radius 3 is 2.83 bits per heavy atom. The molecule has 1 heterocycles. The van der Waals surface area contributed by atoms with Crippen LogP contribution in [0.25, 0.3) is 0 Å². The molecule has 2 rings (SSSR count). The van der Waals surface area contributed by atoms with Crippen LogP contribution in [0.1, 0.15) is 31.4 Å². The highest BCUT2D eigenvalue weighted by atomic mass is 16.5. The number of ether oxygens (including phenoxy) is 2. The maximum Gasteiger partial charge on any atom is 0.161 e. The number of hydrogen-bond acceptors (Lipinski definition) is 3. The van der Waals surface area contributed by atoms with E-state index >= 15 is 0 Å². The summed E-state index contributed by atoms with van der Waals surface area (Å²) in [6.07, 6.45) is 3.79. The van der Waals surface area contributed by atoms with E-state index in [-0.39, 0.29) is 0 Å². The summed E-state index contributed by atoms with van der Waals surface area (Å²) in [4.78, 5) is 0. The van der Waals surface area contributed by atoms with Crippen molar-refractivity contribution >= 4 is 0 Å². The van der Waals surface area contributed by atoms with E-state index in [1.165, 1.54) is 5.56 Å². The van der Waals surface area contributed by atoms with Crippen molar-refractivity contribution in [3.05, 3.63) is 36.4 Å². The van der Waals surface area contributed by atoms with Crippen LogP contribution in [-0.4, -0.2) is 19.8 Å². The second-order valence-corrected chi connectivity index (χ2v) is 4.39. The summed E-state index contributed by atoms with van der Waals surface area (Å²) in [5.41, 5.74) is 1.22. The normalized spacial score (nSPS) is 15.8. The molecule has 0 fully saturated rings. The van der Waals surface area contributed by atoms with Crippen molar-refractivity contribution in [3.8, 4) is 11.5 Å². The van der Waals surface area contributed by atoms with Crippen LogP contribution in [0, 0.1) is 0 Å². The summed E-state index contributed by atoms with van der Waals surface area (Å²) >= 11 is 0. The zero-order valence-corrected chi connectivity index (χ0v) is 10.9. The lowest BCUT2D eigenvalue weighted by atomic mass is 10.0. The average Bonchev–Trinajstić information content (AvgIpc) is 2.62. The monoisotopic (exact) mass is 247 g/mol. The molecule has 98 valence electrons. The molecule has 3 heteroatoms. The van der Waals surface area contributed by atoms with Crippen LogP contribution in [0.4, 0.5) is 0 Å². The first-order chi connectivity index (χ1) is 8.85. The van der Waals surface area contributed by atoms with E-state index in [1.807, 2.05) is 12.1 Å². The molecule has 0 radical (unpaired) electrons. The fourth-order valence-corrected chi connectivity index (χ4v) is 2.15. The highest BCUT2D eigenvalue weighted by Crippen LogP contribution is 2.33. The first kappa shape index (κ1) is 13.0. The average molecular weight is 247 g/mol. The lowest BCUT2D eigenvalue weighted by molar-refractivity contribution is 0.297. The molecule has 1 aromatic carbocycles. The van der Waals surface area contributed by atoms with Crippen LogP contribution < -0.4 is 14.8 Å². The van der Waals surface area contributed by atoms with E-state index in [0.29, 0.717) is 6.04 Å². The molecule has 0 aliphatic carbocycles. The molecular weight excluding hydrogens is 226 g/mol. The molecule has 3 nitrogen and oxygen atoms in total. The van der Waals surface area contributed by atoms with Gasteiger partial charge in [-0.15, -0.1) is 6.58 Å². The Bertz CT molecular complexity index is 403. The van der Waals surface area contributed by atoms with Gasteiger partial charge in [-0.2, -0.15) is 0 Å². The van der Waals surface area contributed by atoms with E-state index in [2.05, 4.69) is 31.0 Å². The first-order valence-corrected chi connectivity index (χ1v) is 6.59. The van der Waals surface area contributed by atoms with Crippen LogP contribution >= 0.6 is 0 Å². The molecule has 18 heavy (non-hydrogen) atoms. The Morgan fingerprint density at radius 2 is 2.11 bits per heavy atom. The molecule has 0 amide bonds. The summed E-state index contributed by atoms with van der Waals surface area (Å²) in [6, 6.07) is 6.48. The zero-order chi connectivity index (χ0) is 12.8. The van der Waals surface area contributed by atoms with Gasteiger partial charge >= 0.3 is 0 Å². The van der Waals surface area contributed by atoms with Crippen molar-refractivity contribution in [1.82, 2.24) is 5.32 Å². The van der Waals surface area contributed by atoms with Gasteiger partial charge in [-0.05, 0) is 30.7 Å². The Kier molecular flexibility index (Phi) is 4.65. The van der Waals surface area contributed by atoms with E-state index in [1.54, 1.807) is 0 Å². The maximum atomic E-state index is 5.72. The van der Waals surface area contributed by atoms with Crippen LogP contribution in [0.5, 0.6) is 11.5 Å². The van der Waals surface area contributed by atoms with Crippen molar-refractivity contribution in [3.63, 3.8) is 0 Å². The number of benzene rings is 1. The fraction of sp³-hybridized carbons (Fsp3) is 0.467. The van der Waals surface area contributed by atoms with Crippen LogP contribution in [0.2, 0.25) is 0 Å². The Hall–Kier alpha value is -1.48. The highest BCUT2D eigenvalue weighted by molar-refractivity contribution is 5.44. The smallest absolute Gasteiger partial charge is 0.161 e. The molecule has 1 unspecified atom stereocenters. The first-order valence-electron chi connectivity index (χ1n) is 6.59. The predicted octanol–water partition coefficient (Wildman–Crippen LogP) is 3.07. The van der Waals surface area contributed by atoms with Gasteiger partial charge in [-0.3, -0.25) is 0 Å². The van der Waals surface area contributed by atoms with Crippen LogP contribution in [0.3, 0.4) is 0 Å². The number of nitrogens with one attached hydrogen (secondary N) is 1. The summed E-state index contributed by atoms with van der Waals surface area (Å²) in [7, 11) is 0. The largest absolute Gasteiger partial charge is 0.490 e. The van der Waals surface area contributed by atoms with Gasteiger partial charge in [-0.25, -0.2) is 0 Å². The second kappa shape index (κ2) is 6.45. The van der Waals surface area contributed by atoms with E-state index in [9.17, 15) is 0 Å². The Labute approximate surface area is 109 Å². The molecule has 0 spiro atoms. The third-order valence-electron chi connectivity index (χ3n) is 3.03. The van der Waals surface area contributed by atoms with E-state index < -0.39 is 0 Å². The number of fused-ring (bicyclic) bond motifs is 1. The van der Waals surface area contributed by atoms with Gasteiger partial charge < -0.3 is 14.8 Å². The van der Waals surface area contributed by atoms with Gasteiger partial charge in [0.1, 0.15) is 0 Å². The summed E-state index contributed by atoms with van der Waals surface area (Å²) < 4.78 is 11.4. The maximum absolute atomic E-state index is 5.72. The van der Waals surface area contributed by atoms with Gasteiger partial charge in [0, 0.05) is 12.5 Å². The highest BCUT2D eigenvalue weighted by Gasteiger charge is 2.14. The molecule has 1 aromatic rings.